The topological polar surface area (TPSA) is 89.0 Å². The Kier molecular flexibility index (Phi) is 11.4. The van der Waals surface area contributed by atoms with Crippen LogP contribution in [0, 0.1) is 0 Å². The smallest absolute Gasteiger partial charge is 0.211 e. The first-order chi connectivity index (χ1) is 20.5. The highest BCUT2D eigenvalue weighted by molar-refractivity contribution is 5.76. The molecule has 0 bridgehead atoms. The average Bonchev–Trinajstić information content (AvgIpc) is 3.03. The Hall–Kier alpha value is -4.33. The Bertz CT molecular complexity index is 1400. The van der Waals surface area contributed by atoms with E-state index in [0.29, 0.717) is 48.1 Å². The van der Waals surface area contributed by atoms with Gasteiger partial charge in [-0.2, -0.15) is 0 Å². The van der Waals surface area contributed by atoms with Crippen LogP contribution in [0.1, 0.15) is 47.6 Å². The van der Waals surface area contributed by atoms with Crippen LogP contribution < -0.4 is 24.8 Å². The Morgan fingerprint density at radius 1 is 0.786 bits per heavy atom. The quantitative estimate of drug-likeness (QED) is 0.138. The third-order valence-electron chi connectivity index (χ3n) is 7.34. The lowest BCUT2D eigenvalue weighted by atomic mass is 9.86. The van der Waals surface area contributed by atoms with E-state index < -0.39 is 6.10 Å². The van der Waals surface area contributed by atoms with Gasteiger partial charge in [0.1, 0.15) is 12.4 Å². The SMILES string of the molecule is COc1ccc(C(Cc2ccccc2)CC(C)NCC(O)c2ccc(OCc3ccccc3)c(NC=O)c2)cc1OC. The maximum absolute atomic E-state index is 11.3. The highest BCUT2D eigenvalue weighted by Gasteiger charge is 2.20. The maximum atomic E-state index is 11.3. The molecule has 0 saturated carbocycles. The molecule has 1 amide bonds. The molecule has 0 radical (unpaired) electrons. The summed E-state index contributed by atoms with van der Waals surface area (Å²) in [5.41, 5.74) is 4.65. The predicted octanol–water partition coefficient (Wildman–Crippen LogP) is 6.28. The molecule has 4 aromatic carbocycles. The fourth-order valence-corrected chi connectivity index (χ4v) is 5.08. The average molecular weight is 569 g/mol. The summed E-state index contributed by atoms with van der Waals surface area (Å²) in [6, 6.07) is 31.8. The van der Waals surface area contributed by atoms with Crippen LogP contribution in [-0.4, -0.2) is 38.3 Å². The highest BCUT2D eigenvalue weighted by Crippen LogP contribution is 2.34. The number of benzene rings is 4. The second-order valence-electron chi connectivity index (χ2n) is 10.4. The Morgan fingerprint density at radius 3 is 2.10 bits per heavy atom. The van der Waals surface area contributed by atoms with Crippen LogP contribution >= 0.6 is 0 Å². The molecule has 0 spiro atoms. The summed E-state index contributed by atoms with van der Waals surface area (Å²) in [7, 11) is 3.29. The number of carbonyl (C=O) groups excluding carboxylic acids is 1. The van der Waals surface area contributed by atoms with Crippen LogP contribution in [0.15, 0.2) is 97.1 Å². The second-order valence-corrected chi connectivity index (χ2v) is 10.4. The summed E-state index contributed by atoms with van der Waals surface area (Å²) in [6.07, 6.45) is 1.57. The van der Waals surface area contributed by atoms with Crippen molar-refractivity contribution in [1.29, 1.82) is 0 Å². The number of ether oxygens (including phenoxy) is 3. The minimum absolute atomic E-state index is 0.113. The van der Waals surface area contributed by atoms with Gasteiger partial charge in [-0.25, -0.2) is 0 Å². The zero-order valence-corrected chi connectivity index (χ0v) is 24.5. The molecule has 7 nitrogen and oxygen atoms in total. The summed E-state index contributed by atoms with van der Waals surface area (Å²) < 4.78 is 17.0. The van der Waals surface area contributed by atoms with E-state index in [4.69, 9.17) is 14.2 Å². The van der Waals surface area contributed by atoms with Crippen LogP contribution in [0.4, 0.5) is 5.69 Å². The van der Waals surface area contributed by atoms with Gasteiger partial charge in [0.2, 0.25) is 6.41 Å². The van der Waals surface area contributed by atoms with Gasteiger partial charge in [-0.1, -0.05) is 72.8 Å². The molecule has 0 heterocycles. The largest absolute Gasteiger partial charge is 0.493 e. The molecule has 0 saturated heterocycles. The number of hydrogen-bond acceptors (Lipinski definition) is 6. The third kappa shape index (κ3) is 8.59. The standard InChI is InChI=1S/C35H40N2O5/c1-25(18-30(19-26-10-6-4-7-11-26)28-14-17-34(40-2)35(21-28)41-3)36-22-32(39)29-15-16-33(31(20-29)37-24-38)42-23-27-12-8-5-9-13-27/h4-17,20-21,24-25,30,32,36,39H,18-19,22-23H2,1-3H3,(H,37,38). The van der Waals surface area contributed by atoms with Crippen molar-refractivity contribution in [3.05, 3.63) is 119 Å². The van der Waals surface area contributed by atoms with E-state index in [1.807, 2.05) is 48.5 Å². The lowest BCUT2D eigenvalue weighted by Crippen LogP contribution is -2.32. The van der Waals surface area contributed by atoms with Crippen LogP contribution in [0.25, 0.3) is 0 Å². The molecule has 4 aromatic rings. The van der Waals surface area contributed by atoms with Crippen LogP contribution in [0.2, 0.25) is 0 Å². The van der Waals surface area contributed by atoms with Crippen molar-refractivity contribution in [3.63, 3.8) is 0 Å². The van der Waals surface area contributed by atoms with Gasteiger partial charge in [0.25, 0.3) is 0 Å². The van der Waals surface area contributed by atoms with E-state index >= 15 is 0 Å². The summed E-state index contributed by atoms with van der Waals surface area (Å²) >= 11 is 0. The molecule has 3 N–H and O–H groups in total. The molecular weight excluding hydrogens is 528 g/mol. The first-order valence-electron chi connectivity index (χ1n) is 14.2. The lowest BCUT2D eigenvalue weighted by molar-refractivity contribution is -0.105. The van der Waals surface area contributed by atoms with Gasteiger partial charge in [0.05, 0.1) is 26.0 Å². The van der Waals surface area contributed by atoms with Gasteiger partial charge in [-0.05, 0) is 72.2 Å². The molecule has 7 heteroatoms. The zero-order chi connectivity index (χ0) is 29.7. The van der Waals surface area contributed by atoms with Crippen molar-refractivity contribution >= 4 is 12.1 Å². The van der Waals surface area contributed by atoms with Crippen molar-refractivity contribution in [2.24, 2.45) is 0 Å². The van der Waals surface area contributed by atoms with Crippen molar-refractivity contribution in [2.75, 3.05) is 26.1 Å². The van der Waals surface area contributed by atoms with E-state index in [2.05, 4.69) is 54.0 Å². The molecule has 220 valence electrons. The van der Waals surface area contributed by atoms with E-state index in [9.17, 15) is 9.90 Å². The monoisotopic (exact) mass is 568 g/mol. The number of aliphatic hydroxyl groups is 1. The highest BCUT2D eigenvalue weighted by atomic mass is 16.5. The Labute approximate surface area is 248 Å². The molecule has 0 aromatic heterocycles. The number of amides is 1. The summed E-state index contributed by atoms with van der Waals surface area (Å²) in [4.78, 5) is 11.3. The van der Waals surface area contributed by atoms with Crippen molar-refractivity contribution in [2.45, 2.75) is 44.4 Å². The number of carbonyl (C=O) groups is 1. The third-order valence-corrected chi connectivity index (χ3v) is 7.34. The van der Waals surface area contributed by atoms with Gasteiger partial charge in [0, 0.05) is 12.6 Å². The maximum Gasteiger partial charge on any atom is 0.211 e. The minimum Gasteiger partial charge on any atom is -0.493 e. The number of rotatable bonds is 16. The number of methoxy groups -OCH3 is 2. The van der Waals surface area contributed by atoms with E-state index in [1.165, 1.54) is 11.1 Å². The Balaban J connectivity index is 1.41. The molecule has 3 unspecified atom stereocenters. The predicted molar refractivity (Wildman–Crippen MR) is 166 cm³/mol. The molecule has 42 heavy (non-hydrogen) atoms. The molecule has 0 aliphatic heterocycles. The first kappa shape index (κ1) is 30.6. The number of anilines is 1. The normalized spacial score (nSPS) is 13.0. The Morgan fingerprint density at radius 2 is 1.43 bits per heavy atom. The lowest BCUT2D eigenvalue weighted by Gasteiger charge is -2.25. The summed E-state index contributed by atoms with van der Waals surface area (Å²) in [5.74, 6) is 2.17. The van der Waals surface area contributed by atoms with Gasteiger partial charge in [0.15, 0.2) is 11.5 Å². The van der Waals surface area contributed by atoms with Crippen molar-refractivity contribution in [3.8, 4) is 17.2 Å². The first-order valence-corrected chi connectivity index (χ1v) is 14.2. The fourth-order valence-electron chi connectivity index (χ4n) is 5.08. The van der Waals surface area contributed by atoms with Crippen LogP contribution in [0.3, 0.4) is 0 Å². The second kappa shape index (κ2) is 15.6. The van der Waals surface area contributed by atoms with E-state index in [1.54, 1.807) is 26.4 Å². The number of nitrogens with one attached hydrogen (secondary N) is 2. The van der Waals surface area contributed by atoms with Gasteiger partial charge in [-0.15, -0.1) is 0 Å². The van der Waals surface area contributed by atoms with Gasteiger partial charge >= 0.3 is 0 Å². The molecule has 0 aliphatic carbocycles. The summed E-state index contributed by atoms with van der Waals surface area (Å²) in [5, 5.41) is 17.2. The molecule has 4 rings (SSSR count). The molecular formula is C35H40N2O5. The molecule has 0 aliphatic rings. The van der Waals surface area contributed by atoms with Gasteiger partial charge < -0.3 is 30.0 Å². The number of hydrogen-bond donors (Lipinski definition) is 3. The van der Waals surface area contributed by atoms with Gasteiger partial charge in [-0.3, -0.25) is 4.79 Å². The molecule has 0 fully saturated rings. The van der Waals surface area contributed by atoms with Crippen LogP contribution in [-0.2, 0) is 17.8 Å². The fraction of sp³-hybridized carbons (Fsp3) is 0.286. The van der Waals surface area contributed by atoms with E-state index in [0.717, 1.165) is 18.4 Å². The van der Waals surface area contributed by atoms with Crippen LogP contribution in [0.5, 0.6) is 17.2 Å². The van der Waals surface area contributed by atoms with Crippen molar-refractivity contribution in [1.82, 2.24) is 5.32 Å². The zero-order valence-electron chi connectivity index (χ0n) is 24.5. The number of aliphatic hydroxyl groups excluding tert-OH is 1. The van der Waals surface area contributed by atoms with E-state index in [-0.39, 0.29) is 12.0 Å². The minimum atomic E-state index is -0.767. The summed E-state index contributed by atoms with van der Waals surface area (Å²) in [6.45, 7) is 2.86. The molecule has 3 atom stereocenters. The van der Waals surface area contributed by atoms with Crippen molar-refractivity contribution < 1.29 is 24.1 Å².